The molecular formula is C17H32O2. The van der Waals surface area contributed by atoms with Gasteiger partial charge in [-0.25, -0.2) is 0 Å². The minimum absolute atomic E-state index is 0.0860. The second-order valence-corrected chi connectivity index (χ2v) is 5.35. The van der Waals surface area contributed by atoms with Gasteiger partial charge in [-0.1, -0.05) is 51.2 Å². The monoisotopic (exact) mass is 268 g/mol. The molecule has 2 nitrogen and oxygen atoms in total. The average molecular weight is 268 g/mol. The number of esters is 1. The molecule has 2 heteroatoms. The number of hydrogen-bond acceptors (Lipinski definition) is 2. The number of ether oxygens (including phenoxy) is 1. The molecule has 0 saturated heterocycles. The van der Waals surface area contributed by atoms with Crippen LogP contribution in [0.1, 0.15) is 85.0 Å². The molecule has 0 aromatic heterocycles. The first-order valence-electron chi connectivity index (χ1n) is 7.99. The second-order valence-electron chi connectivity index (χ2n) is 5.35. The summed E-state index contributed by atoms with van der Waals surface area (Å²) < 4.78 is 5.10. The Morgan fingerprint density at radius 1 is 1.00 bits per heavy atom. The quantitative estimate of drug-likeness (QED) is 0.268. The van der Waals surface area contributed by atoms with E-state index in [-0.39, 0.29) is 12.1 Å². The van der Waals surface area contributed by atoms with Crippen LogP contribution in [0.3, 0.4) is 0 Å². The minimum Gasteiger partial charge on any atom is -0.463 e. The van der Waals surface area contributed by atoms with Crippen molar-refractivity contribution in [1.82, 2.24) is 0 Å². The smallest absolute Gasteiger partial charge is 0.302 e. The van der Waals surface area contributed by atoms with Gasteiger partial charge in [0, 0.05) is 6.92 Å². The molecule has 0 aliphatic heterocycles. The third kappa shape index (κ3) is 15.2. The summed E-state index contributed by atoms with van der Waals surface area (Å²) in [6, 6.07) is 0. The van der Waals surface area contributed by atoms with Crippen molar-refractivity contribution >= 4 is 5.97 Å². The summed E-state index contributed by atoms with van der Waals surface area (Å²) >= 11 is 0. The molecule has 0 aliphatic rings. The van der Waals surface area contributed by atoms with E-state index in [4.69, 9.17) is 4.74 Å². The van der Waals surface area contributed by atoms with Gasteiger partial charge in [-0.05, 0) is 39.0 Å². The van der Waals surface area contributed by atoms with Crippen LogP contribution in [0.4, 0.5) is 0 Å². The molecule has 1 atom stereocenters. The van der Waals surface area contributed by atoms with Crippen molar-refractivity contribution in [3.8, 4) is 0 Å². The third-order valence-electron chi connectivity index (χ3n) is 3.25. The zero-order chi connectivity index (χ0) is 14.3. The third-order valence-corrected chi connectivity index (χ3v) is 3.25. The number of unbranched alkanes of at least 4 members (excludes halogenated alkanes) is 7. The SMILES string of the molecule is CC/C=C/CCCCCCCCC[C@H](C)OC(C)=O. The molecule has 0 unspecified atom stereocenters. The first-order valence-corrected chi connectivity index (χ1v) is 7.99. The van der Waals surface area contributed by atoms with Crippen LogP contribution in [-0.4, -0.2) is 12.1 Å². The summed E-state index contributed by atoms with van der Waals surface area (Å²) in [5.41, 5.74) is 0. The molecule has 0 saturated carbocycles. The fourth-order valence-electron chi connectivity index (χ4n) is 2.20. The number of rotatable bonds is 12. The van der Waals surface area contributed by atoms with Crippen molar-refractivity contribution < 1.29 is 9.53 Å². The van der Waals surface area contributed by atoms with E-state index in [2.05, 4.69) is 19.1 Å². The van der Waals surface area contributed by atoms with E-state index in [0.717, 1.165) is 12.8 Å². The molecule has 0 fully saturated rings. The van der Waals surface area contributed by atoms with Crippen LogP contribution in [0, 0.1) is 0 Å². The highest BCUT2D eigenvalue weighted by atomic mass is 16.5. The molecule has 0 rings (SSSR count). The van der Waals surface area contributed by atoms with E-state index in [1.807, 2.05) is 6.92 Å². The van der Waals surface area contributed by atoms with Gasteiger partial charge in [0.25, 0.3) is 0 Å². The predicted molar refractivity (Wildman–Crippen MR) is 82.2 cm³/mol. The van der Waals surface area contributed by atoms with Crippen LogP contribution in [0.25, 0.3) is 0 Å². The molecule has 0 spiro atoms. The Bertz CT molecular complexity index is 233. The minimum atomic E-state index is -0.162. The zero-order valence-corrected chi connectivity index (χ0v) is 13.1. The first kappa shape index (κ1) is 18.2. The van der Waals surface area contributed by atoms with E-state index >= 15 is 0 Å². The molecule has 112 valence electrons. The largest absolute Gasteiger partial charge is 0.463 e. The van der Waals surface area contributed by atoms with Crippen molar-refractivity contribution in [2.24, 2.45) is 0 Å². The summed E-state index contributed by atoms with van der Waals surface area (Å²) in [6.45, 7) is 5.64. The highest BCUT2D eigenvalue weighted by Gasteiger charge is 2.04. The van der Waals surface area contributed by atoms with Gasteiger partial charge in [-0.15, -0.1) is 0 Å². The molecule has 0 heterocycles. The Hall–Kier alpha value is -0.790. The number of carbonyl (C=O) groups excluding carboxylic acids is 1. The Labute approximate surface area is 119 Å². The molecule has 0 aromatic carbocycles. The standard InChI is InChI=1S/C17H32O2/c1-4-5-6-7-8-9-10-11-12-13-14-15-16(2)19-17(3)18/h5-6,16H,4,7-15H2,1-3H3/b6-5+/t16-/m0/s1. The van der Waals surface area contributed by atoms with Crippen LogP contribution < -0.4 is 0 Å². The topological polar surface area (TPSA) is 26.3 Å². The summed E-state index contributed by atoms with van der Waals surface area (Å²) in [5, 5.41) is 0. The van der Waals surface area contributed by atoms with E-state index in [0.29, 0.717) is 0 Å². The molecule has 19 heavy (non-hydrogen) atoms. The lowest BCUT2D eigenvalue weighted by atomic mass is 10.1. The summed E-state index contributed by atoms with van der Waals surface area (Å²) in [7, 11) is 0. The average Bonchev–Trinajstić information content (AvgIpc) is 2.35. The fourth-order valence-corrected chi connectivity index (χ4v) is 2.20. The van der Waals surface area contributed by atoms with Crippen molar-refractivity contribution in [2.75, 3.05) is 0 Å². The van der Waals surface area contributed by atoms with Crippen LogP contribution >= 0.6 is 0 Å². The Morgan fingerprint density at radius 2 is 1.58 bits per heavy atom. The van der Waals surface area contributed by atoms with Crippen molar-refractivity contribution in [3.63, 3.8) is 0 Å². The molecule has 0 amide bonds. The van der Waals surface area contributed by atoms with Crippen LogP contribution in [0.5, 0.6) is 0 Å². The number of allylic oxidation sites excluding steroid dienone is 2. The molecular weight excluding hydrogens is 236 g/mol. The lowest BCUT2D eigenvalue weighted by Crippen LogP contribution is -2.11. The van der Waals surface area contributed by atoms with Crippen molar-refractivity contribution in [1.29, 1.82) is 0 Å². The van der Waals surface area contributed by atoms with Gasteiger partial charge >= 0.3 is 5.97 Å². The van der Waals surface area contributed by atoms with Gasteiger partial charge in [0.05, 0.1) is 6.10 Å². The number of hydrogen-bond donors (Lipinski definition) is 0. The van der Waals surface area contributed by atoms with Gasteiger partial charge in [-0.3, -0.25) is 4.79 Å². The fraction of sp³-hybridized carbons (Fsp3) is 0.824. The van der Waals surface area contributed by atoms with Crippen LogP contribution in [0.2, 0.25) is 0 Å². The Morgan fingerprint density at radius 3 is 2.16 bits per heavy atom. The maximum Gasteiger partial charge on any atom is 0.302 e. The van der Waals surface area contributed by atoms with Gasteiger partial charge in [0.1, 0.15) is 0 Å². The van der Waals surface area contributed by atoms with E-state index in [1.54, 1.807) is 0 Å². The van der Waals surface area contributed by atoms with Gasteiger partial charge < -0.3 is 4.74 Å². The highest BCUT2D eigenvalue weighted by Crippen LogP contribution is 2.12. The lowest BCUT2D eigenvalue weighted by molar-refractivity contribution is -0.145. The zero-order valence-electron chi connectivity index (χ0n) is 13.1. The summed E-state index contributed by atoms with van der Waals surface area (Å²) in [4.78, 5) is 10.7. The van der Waals surface area contributed by atoms with Crippen molar-refractivity contribution in [3.05, 3.63) is 12.2 Å². The van der Waals surface area contributed by atoms with Crippen molar-refractivity contribution in [2.45, 2.75) is 91.1 Å². The van der Waals surface area contributed by atoms with Gasteiger partial charge in [0.15, 0.2) is 0 Å². The summed E-state index contributed by atoms with van der Waals surface area (Å²) in [5.74, 6) is -0.162. The van der Waals surface area contributed by atoms with E-state index in [1.165, 1.54) is 58.3 Å². The van der Waals surface area contributed by atoms with Gasteiger partial charge in [-0.2, -0.15) is 0 Å². The molecule has 0 bridgehead atoms. The molecule has 0 radical (unpaired) electrons. The maximum atomic E-state index is 10.7. The van der Waals surface area contributed by atoms with Crippen LogP contribution in [-0.2, 0) is 9.53 Å². The molecule has 0 aliphatic carbocycles. The van der Waals surface area contributed by atoms with Crippen LogP contribution in [0.15, 0.2) is 12.2 Å². The number of carbonyl (C=O) groups is 1. The highest BCUT2D eigenvalue weighted by molar-refractivity contribution is 5.66. The Kier molecular flexibility index (Phi) is 13.1. The van der Waals surface area contributed by atoms with E-state index in [9.17, 15) is 4.79 Å². The normalized spacial score (nSPS) is 12.8. The first-order chi connectivity index (χ1) is 9.16. The summed E-state index contributed by atoms with van der Waals surface area (Å²) in [6.07, 6.45) is 17.2. The van der Waals surface area contributed by atoms with Gasteiger partial charge in [0.2, 0.25) is 0 Å². The molecule has 0 N–H and O–H groups in total. The Balaban J connectivity index is 3.14. The molecule has 0 aromatic rings. The second kappa shape index (κ2) is 13.6. The van der Waals surface area contributed by atoms with E-state index < -0.39 is 0 Å². The predicted octanol–water partition coefficient (Wildman–Crippen LogP) is 5.42. The lowest BCUT2D eigenvalue weighted by Gasteiger charge is -2.11. The maximum absolute atomic E-state index is 10.7.